The number of nitrogens with zero attached hydrogens (tertiary/aromatic N) is 8. The van der Waals surface area contributed by atoms with Crippen LogP contribution in [-0.4, -0.2) is 232 Å². The molecule has 5 fully saturated rings. The number of halogens is 9. The molecule has 11 amide bonds. The van der Waals surface area contributed by atoms with Crippen LogP contribution in [0.4, 0.5) is 35.1 Å². The molecule has 3 N–H and O–H groups in total. The summed E-state index contributed by atoms with van der Waals surface area (Å²) >= 11 is 6.07. The van der Waals surface area contributed by atoms with Crippen molar-refractivity contribution in [2.75, 3.05) is 61.9 Å². The van der Waals surface area contributed by atoms with Crippen molar-refractivity contribution in [2.24, 2.45) is 17.8 Å². The van der Waals surface area contributed by atoms with E-state index in [2.05, 4.69) is 16.0 Å². The van der Waals surface area contributed by atoms with Crippen LogP contribution in [0.3, 0.4) is 0 Å². The summed E-state index contributed by atoms with van der Waals surface area (Å²) in [7, 11) is 7.98. The number of carbonyl (C=O) groups excluding carboxylic acids is 11. The number of aryl methyl sites for hydroxylation is 1. The summed E-state index contributed by atoms with van der Waals surface area (Å²) in [5, 5.41) is 7.33. The van der Waals surface area contributed by atoms with Gasteiger partial charge in [-0.15, -0.1) is 0 Å². The van der Waals surface area contributed by atoms with E-state index in [1.54, 1.807) is 20.8 Å². The van der Waals surface area contributed by atoms with Gasteiger partial charge >= 0.3 is 12.4 Å². The Balaban J connectivity index is 1.30. The lowest BCUT2D eigenvalue weighted by atomic mass is 9.90. The van der Waals surface area contributed by atoms with Gasteiger partial charge in [-0.25, -0.2) is 8.78 Å². The maximum Gasteiger partial charge on any atom is 0.417 e. The molecule has 10 atom stereocenters. The zero-order chi connectivity index (χ0) is 75.3. The van der Waals surface area contributed by atoms with Crippen LogP contribution in [0, 0.1) is 17.8 Å². The maximum atomic E-state index is 16.1. The number of rotatable bonds is 10. The maximum absolute atomic E-state index is 16.1. The lowest BCUT2D eigenvalue weighted by molar-refractivity contribution is -0.160. The van der Waals surface area contributed by atoms with Gasteiger partial charge in [-0.05, 0) is 118 Å². The molecule has 1 spiro atoms. The van der Waals surface area contributed by atoms with Gasteiger partial charge in [0.05, 0.1) is 29.2 Å². The third kappa shape index (κ3) is 18.8. The van der Waals surface area contributed by atoms with E-state index in [1.165, 1.54) is 61.8 Å². The summed E-state index contributed by atoms with van der Waals surface area (Å²) in [5.74, 6) is -14.3. The fourth-order valence-electron chi connectivity index (χ4n) is 14.4. The molecule has 3 heterocycles. The van der Waals surface area contributed by atoms with E-state index in [9.17, 15) is 64.7 Å². The molecule has 31 heteroatoms. The number of likely N-dealkylation sites (N-methyl/N-ethyl adjacent to an activating group) is 6. The van der Waals surface area contributed by atoms with Crippen molar-refractivity contribution < 1.29 is 87.9 Å². The molecule has 0 aromatic heterocycles. The Hall–Kier alpha value is -7.66. The van der Waals surface area contributed by atoms with E-state index in [-0.39, 0.29) is 62.1 Å². The van der Waals surface area contributed by atoms with Crippen LogP contribution >= 0.6 is 11.6 Å². The highest BCUT2D eigenvalue weighted by atomic mass is 35.5. The normalized spacial score (nSPS) is 27.3. The Labute approximate surface area is 589 Å². The highest BCUT2D eigenvalue weighted by Gasteiger charge is 2.55. The number of hydrogen-bond acceptors (Lipinski definition) is 11. The molecule has 560 valence electrons. The predicted molar refractivity (Wildman–Crippen MR) is 356 cm³/mol. The average molecular weight is 1460 g/mol. The fraction of sp³-hybridized carbons (Fsp3) is 0.671. The molecule has 2 aromatic carbocycles. The van der Waals surface area contributed by atoms with Gasteiger partial charge in [0.2, 0.25) is 65.0 Å². The van der Waals surface area contributed by atoms with Gasteiger partial charge in [-0.1, -0.05) is 89.6 Å². The smallest absolute Gasteiger partial charge is 0.343 e. The topological polar surface area (TPSA) is 250 Å². The third-order valence-electron chi connectivity index (χ3n) is 21.2. The van der Waals surface area contributed by atoms with Gasteiger partial charge < -0.3 is 55.1 Å². The second kappa shape index (κ2) is 32.8. The van der Waals surface area contributed by atoms with Crippen LogP contribution in [-0.2, 0) is 77.9 Å². The minimum absolute atomic E-state index is 0.0106. The van der Waals surface area contributed by atoms with Crippen LogP contribution in [0.2, 0.25) is 5.02 Å². The molecule has 3 aliphatic heterocycles. The van der Waals surface area contributed by atoms with Crippen molar-refractivity contribution >= 4 is 76.6 Å². The van der Waals surface area contributed by atoms with Gasteiger partial charge in [-0.2, -0.15) is 26.3 Å². The van der Waals surface area contributed by atoms with Gasteiger partial charge in [0.15, 0.2) is 0 Å². The number of hydrogen-bond donors (Lipinski definition) is 3. The zero-order valence-electron chi connectivity index (χ0n) is 59.4. The lowest BCUT2D eigenvalue weighted by Gasteiger charge is -2.45. The molecule has 3 saturated heterocycles. The molecule has 2 saturated carbocycles. The summed E-state index contributed by atoms with van der Waals surface area (Å²) in [6.07, 6.45) is -8.93. The van der Waals surface area contributed by atoms with Crippen molar-refractivity contribution in [1.29, 1.82) is 0 Å². The number of amides is 11. The van der Waals surface area contributed by atoms with Crippen molar-refractivity contribution in [3.05, 3.63) is 69.7 Å². The van der Waals surface area contributed by atoms with E-state index in [1.807, 2.05) is 13.8 Å². The largest absolute Gasteiger partial charge is 0.417 e. The second-order valence-electron chi connectivity index (χ2n) is 28.7. The number of benzene rings is 2. The minimum Gasteiger partial charge on any atom is -0.343 e. The summed E-state index contributed by atoms with van der Waals surface area (Å²) in [4.78, 5) is 172. The quantitative estimate of drug-likeness (QED) is 0.202. The summed E-state index contributed by atoms with van der Waals surface area (Å²) in [5.41, 5.74) is -3.85. The lowest BCUT2D eigenvalue weighted by Crippen LogP contribution is -2.65. The molecule has 0 bridgehead atoms. The number of nitrogens with one attached hydrogen (secondary N) is 3. The number of alkyl halides is 8. The van der Waals surface area contributed by atoms with Gasteiger partial charge in [0.1, 0.15) is 53.9 Å². The van der Waals surface area contributed by atoms with Crippen molar-refractivity contribution in [3.8, 4) is 0 Å². The Kier molecular flexibility index (Phi) is 26.2. The van der Waals surface area contributed by atoms with Crippen LogP contribution in [0.5, 0.6) is 0 Å². The summed E-state index contributed by atoms with van der Waals surface area (Å²) < 4.78 is 115. The van der Waals surface area contributed by atoms with Gasteiger partial charge in [0, 0.05) is 74.1 Å². The van der Waals surface area contributed by atoms with E-state index >= 15 is 23.2 Å². The molecule has 22 nitrogen and oxygen atoms in total. The van der Waals surface area contributed by atoms with Crippen molar-refractivity contribution in [1.82, 2.24) is 55.1 Å². The summed E-state index contributed by atoms with van der Waals surface area (Å²) in [6.45, 7) is 7.86. The number of carbonyl (C=O) groups is 11. The first-order valence-corrected chi connectivity index (χ1v) is 34.9. The Bertz CT molecular complexity index is 3410. The molecule has 2 aromatic rings. The first-order valence-electron chi connectivity index (χ1n) is 34.5. The second-order valence-corrected chi connectivity index (χ2v) is 29.1. The molecule has 0 unspecified atom stereocenters. The predicted octanol–water partition coefficient (Wildman–Crippen LogP) is 7.11. The van der Waals surface area contributed by atoms with E-state index < -0.39 is 204 Å². The molecule has 2 aliphatic carbocycles. The standard InChI is InChI=1S/C70H96ClF8N11O11/c1-13-40(4)56-64(99)85(9)42(6)60(95)89-31-28-50(89)63(98)87(11)52(35-44-20-24-46(25-21-44)69(74,75)76)62(97)83(7)37-54(91)80-49(27-23-43-22-26-47(48(71)34-43)70(77,78)79)61(96)90-38-68(72,73)36-53(90)59(94)82-67(29-16-17-30-67)66(101)88(12)57(45-18-14-15-19-45)65(100)84(8)41(5)33-55(92)86(10)51(32-39(2)3)58(93)81-56/h20-22,24-26,34,39-42,45,49-53,56-57H,13-19,23,27-33,35-38H2,1-12H3,(H,80,91)(H,81,93)(H,82,94)/t40-,41+,42-,49-,50-,51-,52-,53-,56-,57-/m0/s1. The highest BCUT2D eigenvalue weighted by Crippen LogP contribution is 2.40. The minimum atomic E-state index is -4.88. The van der Waals surface area contributed by atoms with Gasteiger partial charge in [0.25, 0.3) is 5.92 Å². The Morgan fingerprint density at radius 3 is 1.80 bits per heavy atom. The molecular formula is C70H96ClF8N11O11. The van der Waals surface area contributed by atoms with E-state index in [4.69, 9.17) is 11.6 Å². The summed E-state index contributed by atoms with van der Waals surface area (Å²) in [6, 6.07) is -6.19. The van der Waals surface area contributed by atoms with Crippen molar-refractivity contribution in [2.45, 2.75) is 222 Å². The molecule has 7 rings (SSSR count). The third-order valence-corrected chi connectivity index (χ3v) is 21.5. The monoisotopic (exact) mass is 1450 g/mol. The number of fused-ring (bicyclic) bond motifs is 2. The Morgan fingerprint density at radius 2 is 1.25 bits per heavy atom. The molecule has 5 aliphatic rings. The van der Waals surface area contributed by atoms with E-state index in [0.717, 1.165) is 58.1 Å². The van der Waals surface area contributed by atoms with Crippen LogP contribution in [0.15, 0.2) is 42.5 Å². The van der Waals surface area contributed by atoms with Crippen molar-refractivity contribution in [3.63, 3.8) is 0 Å². The highest BCUT2D eigenvalue weighted by molar-refractivity contribution is 6.31. The zero-order valence-corrected chi connectivity index (χ0v) is 60.1. The van der Waals surface area contributed by atoms with Crippen LogP contribution < -0.4 is 16.0 Å². The first kappa shape index (κ1) is 80.6. The molecule has 101 heavy (non-hydrogen) atoms. The van der Waals surface area contributed by atoms with E-state index in [0.29, 0.717) is 55.9 Å². The van der Waals surface area contributed by atoms with Crippen LogP contribution in [0.1, 0.15) is 154 Å². The van der Waals surface area contributed by atoms with Gasteiger partial charge in [-0.3, -0.25) is 52.7 Å². The Morgan fingerprint density at radius 1 is 0.634 bits per heavy atom. The fourth-order valence-corrected chi connectivity index (χ4v) is 14.7. The van der Waals surface area contributed by atoms with Crippen LogP contribution in [0.25, 0.3) is 0 Å². The molecular weight excluding hydrogens is 1360 g/mol. The SMILES string of the molecule is CC[C@H](C)[C@@H]1NC(=O)[C@H](CC(C)C)N(C)C(=O)C[C@@H](C)N(C)C(=O)[C@H](C2CCCC2)N(C)C(=O)C2(CCCC2)NC(=O)[C@@H]2CC(F)(F)CN2C(=O)[C@H](CCc2ccc(C(F)(F)F)c(Cl)c2)NC(=O)CN(C)C(=O)[C@H](Cc2ccc(C(F)(F)F)cc2)N(C)C(=O)[C@@H]2CCN2C(=O)[C@H](C)N(C)C1=O. The average Bonchev–Trinajstić information content (AvgIpc) is 1.76. The molecule has 0 radical (unpaired) electrons. The first-order chi connectivity index (χ1) is 47.0.